The Bertz CT molecular complexity index is 115. The normalized spacial score (nSPS) is 0.875. The van der Waals surface area contributed by atoms with Crippen LogP contribution in [0.5, 0.6) is 0 Å². The van der Waals surface area contributed by atoms with Gasteiger partial charge in [-0.05, 0) is 0 Å². The van der Waals surface area contributed by atoms with Gasteiger partial charge in [-0.3, -0.25) is 0 Å². The van der Waals surface area contributed by atoms with Crippen LogP contribution in [0.15, 0.2) is 0 Å². The molecule has 0 saturated heterocycles. The molecular formula is C7Co2O7. The minimum Gasteiger partial charge on any atom is 0 e. The number of rotatable bonds is 0. The second-order valence-electron chi connectivity index (χ2n) is 0. The molecular weight excluding hydrogens is 314 g/mol. The summed E-state index contributed by atoms with van der Waals surface area (Å²) in [7, 11) is 0. The van der Waals surface area contributed by atoms with Crippen LogP contribution in [0.2, 0.25) is 0 Å². The number of hydrogen-bond donors (Lipinski definition) is 0. The Morgan fingerprint density at radius 3 is 0.250 bits per heavy atom. The third-order valence-electron chi connectivity index (χ3n) is 0. The zero-order valence-corrected chi connectivity index (χ0v) is 9.11. The molecule has 0 aliphatic carbocycles. The zero-order valence-electron chi connectivity index (χ0n) is 7.02. The maximum atomic E-state index is 7.50. The first kappa shape index (κ1) is 79.8. The molecule has 0 aromatic carbocycles. The van der Waals surface area contributed by atoms with Crippen LogP contribution >= 0.6 is 0 Å². The molecule has 0 rings (SSSR count). The molecule has 16 heavy (non-hydrogen) atoms. The van der Waals surface area contributed by atoms with Crippen molar-refractivity contribution < 1.29 is 66.1 Å². The van der Waals surface area contributed by atoms with Crippen LogP contribution in [-0.4, -0.2) is 0 Å². The second kappa shape index (κ2) is 3790. The minimum atomic E-state index is 0. The smallest absolute Gasteiger partial charge is 0 e. The summed E-state index contributed by atoms with van der Waals surface area (Å²) in [6.45, 7) is 31.5. The summed E-state index contributed by atoms with van der Waals surface area (Å²) < 4.78 is 52.5. The molecule has 0 aliphatic rings. The number of hydrogen-bond acceptors (Lipinski definition) is 0. The predicted molar refractivity (Wildman–Crippen MR) is 27.5 cm³/mol. The van der Waals surface area contributed by atoms with Crippen molar-refractivity contribution in [3.8, 4) is 0 Å². The Balaban J connectivity index is -0.00000000500. The third-order valence-corrected chi connectivity index (χ3v) is 0. The molecule has 0 aliphatic heterocycles. The van der Waals surface area contributed by atoms with E-state index >= 15 is 0 Å². The van der Waals surface area contributed by atoms with Crippen LogP contribution in [0, 0.1) is 46.6 Å². The van der Waals surface area contributed by atoms with Gasteiger partial charge in [-0.15, -0.1) is 0 Å². The van der Waals surface area contributed by atoms with Crippen molar-refractivity contribution >= 4 is 0 Å². The molecule has 0 heterocycles. The van der Waals surface area contributed by atoms with Crippen LogP contribution in [0.4, 0.5) is 0 Å². The van der Waals surface area contributed by atoms with Gasteiger partial charge >= 0.3 is 79.1 Å². The van der Waals surface area contributed by atoms with E-state index in [1.165, 1.54) is 0 Å². The van der Waals surface area contributed by atoms with Crippen molar-refractivity contribution in [3.05, 3.63) is 46.6 Å². The van der Waals surface area contributed by atoms with Gasteiger partial charge < -0.3 is 0 Å². The molecule has 0 amide bonds. The summed E-state index contributed by atoms with van der Waals surface area (Å²) >= 11 is 0. The van der Waals surface area contributed by atoms with Crippen molar-refractivity contribution in [1.29, 1.82) is 0 Å². The standard InChI is InChI=1S/7CO.2Co/c7*1-2;;. The molecule has 2 radical (unpaired) electrons. The molecule has 7 nitrogen and oxygen atoms in total. The first-order valence-electron chi connectivity index (χ1n) is 1.43. The van der Waals surface area contributed by atoms with Gasteiger partial charge in [0.05, 0.1) is 0 Å². The van der Waals surface area contributed by atoms with E-state index in [-0.39, 0.29) is 33.6 Å². The summed E-state index contributed by atoms with van der Waals surface area (Å²) in [5, 5.41) is 0. The van der Waals surface area contributed by atoms with E-state index in [1.54, 1.807) is 0 Å². The average molecular weight is 314 g/mol. The Morgan fingerprint density at radius 1 is 0.250 bits per heavy atom. The van der Waals surface area contributed by atoms with Crippen LogP contribution in [0.3, 0.4) is 0 Å². The molecule has 0 unspecified atom stereocenters. The fourth-order valence-corrected chi connectivity index (χ4v) is 0. The van der Waals surface area contributed by atoms with E-state index < -0.39 is 0 Å². The largest absolute Gasteiger partial charge is 0 e. The maximum absolute atomic E-state index is 7.50. The molecule has 0 aromatic rings. The van der Waals surface area contributed by atoms with E-state index in [9.17, 15) is 0 Å². The van der Waals surface area contributed by atoms with E-state index in [2.05, 4.69) is 46.6 Å². The summed E-state index contributed by atoms with van der Waals surface area (Å²) in [5.74, 6) is 0. The van der Waals surface area contributed by atoms with Crippen LogP contribution in [-0.2, 0) is 66.1 Å². The second-order valence-corrected chi connectivity index (χ2v) is 0. The van der Waals surface area contributed by atoms with Gasteiger partial charge in [0.2, 0.25) is 0 Å². The molecule has 0 N–H and O–H groups in total. The van der Waals surface area contributed by atoms with E-state index in [1.807, 2.05) is 0 Å². The zero-order chi connectivity index (χ0) is 14.0. The minimum absolute atomic E-state index is 0. The van der Waals surface area contributed by atoms with E-state index in [0.717, 1.165) is 0 Å². The van der Waals surface area contributed by atoms with Crippen molar-refractivity contribution in [2.45, 2.75) is 0 Å². The maximum Gasteiger partial charge on any atom is 0 e. The fraction of sp³-hybridized carbons (Fsp3) is 0. The quantitative estimate of drug-likeness (QED) is 0.429. The molecule has 9 heteroatoms. The fourth-order valence-electron chi connectivity index (χ4n) is 0. The van der Waals surface area contributed by atoms with Gasteiger partial charge in [-0.1, -0.05) is 0 Å². The van der Waals surface area contributed by atoms with Crippen molar-refractivity contribution in [2.75, 3.05) is 0 Å². The average Bonchev–Trinajstić information content (AvgIpc) is 2.45. The summed E-state index contributed by atoms with van der Waals surface area (Å²) in [4.78, 5) is 0. The van der Waals surface area contributed by atoms with Crippen LogP contribution < -0.4 is 0 Å². The van der Waals surface area contributed by atoms with Crippen LogP contribution in [0.1, 0.15) is 0 Å². The Labute approximate surface area is 113 Å². The Hall–Kier alpha value is -0.807. The monoisotopic (exact) mass is 314 g/mol. The van der Waals surface area contributed by atoms with Gasteiger partial charge in [-0.2, -0.15) is 0 Å². The molecule has 0 bridgehead atoms. The molecule has 0 aromatic heterocycles. The molecule has 0 fully saturated rings. The van der Waals surface area contributed by atoms with Gasteiger partial charge in [0.25, 0.3) is 0 Å². The Morgan fingerprint density at radius 2 is 0.250 bits per heavy atom. The van der Waals surface area contributed by atoms with E-state index in [4.69, 9.17) is 32.6 Å². The van der Waals surface area contributed by atoms with Gasteiger partial charge in [0.15, 0.2) is 0 Å². The van der Waals surface area contributed by atoms with Crippen molar-refractivity contribution in [1.82, 2.24) is 0 Å². The van der Waals surface area contributed by atoms with Gasteiger partial charge in [-0.25, -0.2) is 0 Å². The molecule has 88 valence electrons. The molecule has 0 saturated carbocycles. The third kappa shape index (κ3) is 3010. The SMILES string of the molecule is [C-]#[O+].[C-]#[O+].[C-]#[O+].[C-]#[O+].[C-]#[O+].[C-]#[O+].[C-]#[O+].[Co].[Co]. The van der Waals surface area contributed by atoms with Crippen LogP contribution in [0.25, 0.3) is 0 Å². The first-order chi connectivity index (χ1) is 7.00. The molecule has 0 atom stereocenters. The van der Waals surface area contributed by atoms with Crippen molar-refractivity contribution in [3.63, 3.8) is 0 Å². The predicted octanol–water partition coefficient (Wildman–Crippen LogP) is -0.268. The summed E-state index contributed by atoms with van der Waals surface area (Å²) in [6.07, 6.45) is 0. The Kier molecular flexibility index (Phi) is 18900. The first-order valence-corrected chi connectivity index (χ1v) is 1.43. The summed E-state index contributed by atoms with van der Waals surface area (Å²) in [6, 6.07) is 0. The van der Waals surface area contributed by atoms with Gasteiger partial charge in [0.1, 0.15) is 0 Å². The van der Waals surface area contributed by atoms with E-state index in [0.29, 0.717) is 0 Å². The topological polar surface area (TPSA) is 139 Å². The summed E-state index contributed by atoms with van der Waals surface area (Å²) in [5.41, 5.74) is 0. The molecule has 0 spiro atoms. The van der Waals surface area contributed by atoms with Crippen molar-refractivity contribution in [2.24, 2.45) is 0 Å². The van der Waals surface area contributed by atoms with Gasteiger partial charge in [0, 0.05) is 33.6 Å².